The van der Waals surface area contributed by atoms with Crippen LogP contribution in [0.3, 0.4) is 0 Å². The van der Waals surface area contributed by atoms with Gasteiger partial charge in [0.1, 0.15) is 0 Å². The maximum Gasteiger partial charge on any atom is 0.0482 e. The molecule has 0 saturated carbocycles. The predicted octanol–water partition coefficient (Wildman–Crippen LogP) is 7.05. The number of anilines is 1. The first-order chi connectivity index (χ1) is 11.3. The van der Waals surface area contributed by atoms with E-state index in [1.807, 2.05) is 25.1 Å². The van der Waals surface area contributed by atoms with Gasteiger partial charge in [-0.2, -0.15) is 0 Å². The van der Waals surface area contributed by atoms with Crippen molar-refractivity contribution < 1.29 is 0 Å². The van der Waals surface area contributed by atoms with Crippen LogP contribution in [0.2, 0.25) is 5.02 Å². The smallest absolute Gasteiger partial charge is 0.0482 e. The molecular weight excluding hydrogens is 314 g/mol. The molecule has 1 N–H and O–H groups in total. The Labute approximate surface area is 151 Å². The number of rotatable bonds is 6. The highest BCUT2D eigenvalue weighted by Crippen LogP contribution is 2.33. The summed E-state index contributed by atoms with van der Waals surface area (Å²) in [5.74, 6) is 0.688. The van der Waals surface area contributed by atoms with E-state index in [-0.39, 0.29) is 5.92 Å². The van der Waals surface area contributed by atoms with Gasteiger partial charge in [0.2, 0.25) is 0 Å². The lowest BCUT2D eigenvalue weighted by Crippen LogP contribution is -2.15. The molecule has 0 aliphatic carbocycles. The van der Waals surface area contributed by atoms with Crippen LogP contribution in [0.5, 0.6) is 0 Å². The highest BCUT2D eigenvalue weighted by atomic mass is 35.5. The summed E-state index contributed by atoms with van der Waals surface area (Å²) in [7, 11) is 0. The van der Waals surface area contributed by atoms with E-state index in [0.29, 0.717) is 5.92 Å². The summed E-state index contributed by atoms with van der Waals surface area (Å²) in [4.78, 5) is 0. The zero-order valence-electron chi connectivity index (χ0n) is 15.0. The standard InChI is InChI=1S/C22H26ClN/c1-14(2)20-13-19(10-11-21(20)23)24-17(6)22(15(3)4)18-9-7-8-16(5)12-18/h7-13,15,22,24H,1,6H2,2-5H3. The van der Waals surface area contributed by atoms with E-state index in [1.165, 1.54) is 11.1 Å². The zero-order chi connectivity index (χ0) is 17.9. The van der Waals surface area contributed by atoms with Crippen LogP contribution >= 0.6 is 11.6 Å². The lowest BCUT2D eigenvalue weighted by molar-refractivity contribution is 0.558. The molecule has 1 unspecified atom stereocenters. The van der Waals surface area contributed by atoms with Crippen LogP contribution in [0, 0.1) is 12.8 Å². The van der Waals surface area contributed by atoms with Crippen LogP contribution in [-0.4, -0.2) is 0 Å². The molecule has 0 bridgehead atoms. The Morgan fingerprint density at radius 3 is 2.38 bits per heavy atom. The average molecular weight is 340 g/mol. The quantitative estimate of drug-likeness (QED) is 0.594. The third-order valence-electron chi connectivity index (χ3n) is 4.17. The van der Waals surface area contributed by atoms with E-state index in [4.69, 9.17) is 11.6 Å². The lowest BCUT2D eigenvalue weighted by atomic mass is 9.85. The molecule has 0 aromatic heterocycles. The second kappa shape index (κ2) is 7.72. The van der Waals surface area contributed by atoms with Crippen LogP contribution in [-0.2, 0) is 0 Å². The average Bonchev–Trinajstić information content (AvgIpc) is 2.48. The van der Waals surface area contributed by atoms with E-state index in [2.05, 4.69) is 63.5 Å². The monoisotopic (exact) mass is 339 g/mol. The van der Waals surface area contributed by atoms with Gasteiger partial charge in [-0.15, -0.1) is 0 Å². The first kappa shape index (κ1) is 18.4. The van der Waals surface area contributed by atoms with E-state index in [0.717, 1.165) is 27.5 Å². The van der Waals surface area contributed by atoms with Crippen molar-refractivity contribution in [3.05, 3.63) is 83.0 Å². The van der Waals surface area contributed by atoms with Gasteiger partial charge in [-0.3, -0.25) is 0 Å². The maximum absolute atomic E-state index is 6.24. The van der Waals surface area contributed by atoms with Gasteiger partial charge < -0.3 is 5.32 Å². The van der Waals surface area contributed by atoms with Gasteiger partial charge in [0, 0.05) is 22.3 Å². The summed E-state index contributed by atoms with van der Waals surface area (Å²) in [5.41, 5.74) is 6.45. The largest absolute Gasteiger partial charge is 0.359 e. The Hall–Kier alpha value is -1.99. The van der Waals surface area contributed by atoms with E-state index < -0.39 is 0 Å². The Balaban J connectivity index is 2.29. The van der Waals surface area contributed by atoms with E-state index in [1.54, 1.807) is 0 Å². The first-order valence-corrected chi connectivity index (χ1v) is 8.65. The number of allylic oxidation sites excluding steroid dienone is 2. The molecule has 0 amide bonds. The van der Waals surface area contributed by atoms with Crippen LogP contribution in [0.4, 0.5) is 5.69 Å². The number of benzene rings is 2. The van der Waals surface area contributed by atoms with Crippen molar-refractivity contribution in [3.63, 3.8) is 0 Å². The molecule has 2 aromatic carbocycles. The topological polar surface area (TPSA) is 12.0 Å². The molecule has 0 spiro atoms. The zero-order valence-corrected chi connectivity index (χ0v) is 15.7. The molecule has 0 saturated heterocycles. The SMILES string of the molecule is C=C(C)c1cc(NC(=C)C(c2cccc(C)c2)C(C)C)ccc1Cl. The van der Waals surface area contributed by atoms with Gasteiger partial charge >= 0.3 is 0 Å². The number of halogens is 1. The van der Waals surface area contributed by atoms with Crippen molar-refractivity contribution in [2.75, 3.05) is 5.32 Å². The lowest BCUT2D eigenvalue weighted by Gasteiger charge is -2.25. The predicted molar refractivity (Wildman–Crippen MR) is 108 cm³/mol. The fourth-order valence-electron chi connectivity index (χ4n) is 3.05. The van der Waals surface area contributed by atoms with Crippen LogP contribution in [0.1, 0.15) is 43.4 Å². The molecule has 0 radical (unpaired) electrons. The summed E-state index contributed by atoms with van der Waals surface area (Å²) >= 11 is 6.24. The molecule has 0 aliphatic heterocycles. The third kappa shape index (κ3) is 4.30. The minimum Gasteiger partial charge on any atom is -0.359 e. The number of nitrogens with one attached hydrogen (secondary N) is 1. The summed E-state index contributed by atoms with van der Waals surface area (Å²) in [6.45, 7) is 16.8. The van der Waals surface area contributed by atoms with Crippen molar-refractivity contribution in [1.82, 2.24) is 0 Å². The molecule has 2 heteroatoms. The van der Waals surface area contributed by atoms with Crippen molar-refractivity contribution >= 4 is 22.9 Å². The minimum atomic E-state index is 0.244. The van der Waals surface area contributed by atoms with Crippen molar-refractivity contribution in [3.8, 4) is 0 Å². The number of hydrogen-bond donors (Lipinski definition) is 1. The summed E-state index contributed by atoms with van der Waals surface area (Å²) in [5, 5.41) is 4.19. The summed E-state index contributed by atoms with van der Waals surface area (Å²) in [6, 6.07) is 14.5. The van der Waals surface area contributed by atoms with Crippen molar-refractivity contribution in [2.45, 2.75) is 33.6 Å². The second-order valence-corrected chi connectivity index (χ2v) is 7.17. The Bertz CT molecular complexity index is 758. The fraction of sp³-hybridized carbons (Fsp3) is 0.273. The molecule has 2 aromatic rings. The van der Waals surface area contributed by atoms with E-state index >= 15 is 0 Å². The fourth-order valence-corrected chi connectivity index (χ4v) is 3.32. The van der Waals surface area contributed by atoms with Crippen molar-refractivity contribution in [1.29, 1.82) is 0 Å². The molecule has 126 valence electrons. The molecule has 1 atom stereocenters. The molecule has 24 heavy (non-hydrogen) atoms. The molecular formula is C22H26ClN. The summed E-state index contributed by atoms with van der Waals surface area (Å²) in [6.07, 6.45) is 0. The maximum atomic E-state index is 6.24. The third-order valence-corrected chi connectivity index (χ3v) is 4.50. The second-order valence-electron chi connectivity index (χ2n) is 6.76. The Morgan fingerprint density at radius 2 is 1.79 bits per heavy atom. The van der Waals surface area contributed by atoms with E-state index in [9.17, 15) is 0 Å². The normalized spacial score (nSPS) is 12.1. The molecule has 0 aliphatic rings. The van der Waals surface area contributed by atoms with Gasteiger partial charge in [0.05, 0.1) is 0 Å². The Kier molecular flexibility index (Phi) is 5.90. The number of aryl methyl sites for hydroxylation is 1. The summed E-state index contributed by atoms with van der Waals surface area (Å²) < 4.78 is 0. The highest BCUT2D eigenvalue weighted by Gasteiger charge is 2.19. The van der Waals surface area contributed by atoms with Gasteiger partial charge in [-0.25, -0.2) is 0 Å². The van der Waals surface area contributed by atoms with Gasteiger partial charge in [0.15, 0.2) is 0 Å². The van der Waals surface area contributed by atoms with Gasteiger partial charge in [-0.1, -0.05) is 68.4 Å². The molecule has 0 fully saturated rings. The molecule has 1 nitrogen and oxygen atoms in total. The van der Waals surface area contributed by atoms with Gasteiger partial charge in [0.25, 0.3) is 0 Å². The Morgan fingerprint density at radius 1 is 1.08 bits per heavy atom. The number of hydrogen-bond acceptors (Lipinski definition) is 1. The van der Waals surface area contributed by atoms with Crippen LogP contribution < -0.4 is 5.32 Å². The first-order valence-electron chi connectivity index (χ1n) is 8.27. The van der Waals surface area contributed by atoms with Gasteiger partial charge in [-0.05, 0) is 54.7 Å². The van der Waals surface area contributed by atoms with Crippen LogP contribution in [0.25, 0.3) is 5.57 Å². The molecule has 2 rings (SSSR count). The van der Waals surface area contributed by atoms with Crippen LogP contribution in [0.15, 0.2) is 61.3 Å². The highest BCUT2D eigenvalue weighted by molar-refractivity contribution is 6.32. The minimum absolute atomic E-state index is 0.244. The van der Waals surface area contributed by atoms with Crippen molar-refractivity contribution in [2.24, 2.45) is 5.92 Å². The molecule has 0 heterocycles.